The minimum atomic E-state index is -0.469. The van der Waals surface area contributed by atoms with Crippen molar-refractivity contribution < 1.29 is 9.53 Å². The first-order chi connectivity index (χ1) is 15.3. The number of rotatable bonds is 5. The molecule has 0 bridgehead atoms. The second-order valence-electron chi connectivity index (χ2n) is 9.49. The van der Waals surface area contributed by atoms with Crippen LogP contribution in [0.2, 0.25) is 0 Å². The van der Waals surface area contributed by atoms with Crippen molar-refractivity contribution in [2.45, 2.75) is 52.2 Å². The third-order valence-electron chi connectivity index (χ3n) is 5.79. The Balaban J connectivity index is 1.23. The van der Waals surface area contributed by atoms with Crippen molar-refractivity contribution in [3.05, 3.63) is 47.8 Å². The van der Waals surface area contributed by atoms with Crippen LogP contribution in [-0.2, 0) is 11.2 Å². The zero-order valence-corrected chi connectivity index (χ0v) is 19.5. The van der Waals surface area contributed by atoms with Gasteiger partial charge in [-0.15, -0.1) is 0 Å². The monoisotopic (exact) mass is 438 g/mol. The topological polar surface area (TPSA) is 75.0 Å². The van der Waals surface area contributed by atoms with Crippen molar-refractivity contribution >= 4 is 12.1 Å². The molecule has 3 heterocycles. The van der Waals surface area contributed by atoms with Crippen molar-refractivity contribution in [3.63, 3.8) is 0 Å². The van der Waals surface area contributed by atoms with Gasteiger partial charge in [0, 0.05) is 32.4 Å². The van der Waals surface area contributed by atoms with E-state index in [1.165, 1.54) is 5.56 Å². The number of carbonyl (C=O) groups excluding carboxylic acids is 1. The van der Waals surface area contributed by atoms with E-state index in [2.05, 4.69) is 40.6 Å². The average molecular weight is 439 g/mol. The maximum atomic E-state index is 12.4. The molecule has 4 rings (SSSR count). The number of aromatic nitrogens is 2. The summed E-state index contributed by atoms with van der Waals surface area (Å²) in [5.41, 5.74) is 2.96. The second kappa shape index (κ2) is 9.22. The number of ether oxygens (including phenoxy) is 1. The molecule has 8 heteroatoms. The van der Waals surface area contributed by atoms with Gasteiger partial charge in [-0.2, -0.15) is 5.10 Å². The molecule has 0 spiro atoms. The summed E-state index contributed by atoms with van der Waals surface area (Å²) >= 11 is 0. The smallest absolute Gasteiger partial charge is 0.410 e. The quantitative estimate of drug-likeness (QED) is 0.727. The molecule has 0 radical (unpaired) electrons. The lowest BCUT2D eigenvalue weighted by Crippen LogP contribution is -2.57. The lowest BCUT2D eigenvalue weighted by atomic mass is 10.1. The van der Waals surface area contributed by atoms with Gasteiger partial charge < -0.3 is 19.9 Å². The molecule has 1 aromatic carbocycles. The van der Waals surface area contributed by atoms with Crippen molar-refractivity contribution in [2.24, 2.45) is 4.99 Å². The number of benzene rings is 1. The van der Waals surface area contributed by atoms with Gasteiger partial charge in [-0.25, -0.2) is 9.48 Å². The number of carbonyl (C=O) groups is 1. The summed E-state index contributed by atoms with van der Waals surface area (Å²) in [5, 5.41) is 8.16. The van der Waals surface area contributed by atoms with Gasteiger partial charge in [0.15, 0.2) is 5.96 Å². The lowest BCUT2D eigenvalue weighted by molar-refractivity contribution is 0.0137. The van der Waals surface area contributed by atoms with Gasteiger partial charge in [-0.1, -0.05) is 18.2 Å². The van der Waals surface area contributed by atoms with Crippen LogP contribution in [0.3, 0.4) is 0 Å². The number of amides is 1. The number of piperazine rings is 1. The van der Waals surface area contributed by atoms with Gasteiger partial charge in [0.1, 0.15) is 5.60 Å². The predicted molar refractivity (Wildman–Crippen MR) is 125 cm³/mol. The number of aliphatic imine (C=N–C) groups is 1. The van der Waals surface area contributed by atoms with Crippen molar-refractivity contribution in [3.8, 4) is 5.69 Å². The molecule has 2 aromatic rings. The highest BCUT2D eigenvalue weighted by atomic mass is 16.6. The number of hydrogen-bond acceptors (Lipinski definition) is 6. The Hall–Kier alpha value is -3.03. The van der Waals surface area contributed by atoms with Gasteiger partial charge in [0.2, 0.25) is 0 Å². The van der Waals surface area contributed by atoms with Crippen LogP contribution in [-0.4, -0.2) is 76.0 Å². The first-order valence-corrected chi connectivity index (χ1v) is 11.4. The Bertz CT molecular complexity index is 963. The van der Waals surface area contributed by atoms with Crippen molar-refractivity contribution in [1.82, 2.24) is 24.9 Å². The summed E-state index contributed by atoms with van der Waals surface area (Å²) in [6.45, 7) is 11.4. The maximum absolute atomic E-state index is 12.4. The van der Waals surface area contributed by atoms with Crippen molar-refractivity contribution in [1.29, 1.82) is 0 Å². The highest BCUT2D eigenvalue weighted by molar-refractivity contribution is 5.82. The van der Waals surface area contributed by atoms with E-state index in [0.717, 1.165) is 43.3 Å². The molecular weight excluding hydrogens is 404 g/mol. The van der Waals surface area contributed by atoms with Gasteiger partial charge in [-0.3, -0.25) is 4.99 Å². The van der Waals surface area contributed by atoms with E-state index in [1.54, 1.807) is 4.90 Å². The van der Waals surface area contributed by atoms with Crippen LogP contribution in [0, 0.1) is 6.92 Å². The molecule has 1 fully saturated rings. The van der Waals surface area contributed by atoms with Crippen LogP contribution in [0.1, 0.15) is 38.4 Å². The number of aryl methyl sites for hydroxylation is 2. The van der Waals surface area contributed by atoms with Gasteiger partial charge in [-0.05, 0) is 58.2 Å². The average Bonchev–Trinajstić information content (AvgIpc) is 3.33. The summed E-state index contributed by atoms with van der Waals surface area (Å²) in [4.78, 5) is 21.2. The zero-order chi connectivity index (χ0) is 22.7. The van der Waals surface area contributed by atoms with Gasteiger partial charge in [0.25, 0.3) is 0 Å². The van der Waals surface area contributed by atoms with Crippen LogP contribution in [0.4, 0.5) is 4.79 Å². The van der Waals surface area contributed by atoms with E-state index < -0.39 is 5.60 Å². The molecule has 1 aromatic heterocycles. The molecular formula is C24H34N6O2. The molecule has 1 unspecified atom stereocenters. The normalized spacial score (nSPS) is 18.4. The molecule has 1 N–H and O–H groups in total. The lowest BCUT2D eigenvalue weighted by Gasteiger charge is -2.39. The Kier molecular flexibility index (Phi) is 6.39. The molecule has 0 aliphatic carbocycles. The molecule has 2 aliphatic heterocycles. The molecule has 1 atom stereocenters. The van der Waals surface area contributed by atoms with E-state index in [1.807, 2.05) is 43.7 Å². The van der Waals surface area contributed by atoms with Crippen molar-refractivity contribution in [2.75, 3.05) is 32.7 Å². The van der Waals surface area contributed by atoms with E-state index in [-0.39, 0.29) is 12.1 Å². The summed E-state index contributed by atoms with van der Waals surface area (Å²) in [5.74, 6) is 0.954. The number of nitrogens with one attached hydrogen (secondary N) is 1. The van der Waals surface area contributed by atoms with E-state index in [0.29, 0.717) is 19.6 Å². The summed E-state index contributed by atoms with van der Waals surface area (Å²) < 4.78 is 7.47. The summed E-state index contributed by atoms with van der Waals surface area (Å²) in [6, 6.07) is 10.4. The van der Waals surface area contributed by atoms with E-state index in [9.17, 15) is 4.79 Å². The van der Waals surface area contributed by atoms with Gasteiger partial charge in [0.05, 0.1) is 24.0 Å². The second-order valence-corrected chi connectivity index (χ2v) is 9.49. The van der Waals surface area contributed by atoms with Crippen LogP contribution in [0.25, 0.3) is 5.69 Å². The third-order valence-corrected chi connectivity index (χ3v) is 5.79. The standard InChI is InChI=1S/C24H34N6O2/c1-18-19(16-30(27-18)20-10-6-5-7-11-20)9-8-12-25-22-26-15-21-17-28(13-14-29(21)22)23(31)32-24(2,3)4/h5-7,10-11,16,21H,8-9,12-15,17H2,1-4H3,(H,25,26). The first kappa shape index (κ1) is 22.2. The molecule has 1 saturated heterocycles. The summed E-state index contributed by atoms with van der Waals surface area (Å²) in [7, 11) is 0. The molecule has 1 amide bonds. The third kappa shape index (κ3) is 5.23. The molecule has 172 valence electrons. The largest absolute Gasteiger partial charge is 0.444 e. The Morgan fingerprint density at radius 2 is 2.00 bits per heavy atom. The van der Waals surface area contributed by atoms with Crippen LogP contribution < -0.4 is 5.32 Å². The SMILES string of the molecule is Cc1nn(-c2ccccc2)cc1CCCNC1=NCC2CN(C(=O)OC(C)(C)C)CCN12. The molecule has 2 aliphatic rings. The van der Waals surface area contributed by atoms with Gasteiger partial charge >= 0.3 is 6.09 Å². The number of hydrogen-bond donors (Lipinski definition) is 1. The highest BCUT2D eigenvalue weighted by Crippen LogP contribution is 2.19. The fourth-order valence-corrected chi connectivity index (χ4v) is 4.16. The highest BCUT2D eigenvalue weighted by Gasteiger charge is 2.36. The Labute approximate surface area is 190 Å². The maximum Gasteiger partial charge on any atom is 0.410 e. The van der Waals surface area contributed by atoms with Crippen LogP contribution in [0.5, 0.6) is 0 Å². The summed E-state index contributed by atoms with van der Waals surface area (Å²) in [6.07, 6.45) is 3.87. The number of guanidine groups is 1. The Morgan fingerprint density at radius 1 is 1.22 bits per heavy atom. The minimum absolute atomic E-state index is 0.227. The number of para-hydroxylation sites is 1. The predicted octanol–water partition coefficient (Wildman–Crippen LogP) is 2.99. The zero-order valence-electron chi connectivity index (χ0n) is 19.5. The fourth-order valence-electron chi connectivity index (χ4n) is 4.16. The molecule has 8 nitrogen and oxygen atoms in total. The molecule has 0 saturated carbocycles. The van der Waals surface area contributed by atoms with E-state index >= 15 is 0 Å². The fraction of sp³-hybridized carbons (Fsp3) is 0.542. The van der Waals surface area contributed by atoms with Crippen LogP contribution in [0.15, 0.2) is 41.5 Å². The van der Waals surface area contributed by atoms with E-state index in [4.69, 9.17) is 9.73 Å². The Morgan fingerprint density at radius 3 is 2.75 bits per heavy atom. The molecule has 32 heavy (non-hydrogen) atoms. The van der Waals surface area contributed by atoms with Crippen LogP contribution >= 0.6 is 0 Å². The first-order valence-electron chi connectivity index (χ1n) is 11.4. The number of nitrogens with zero attached hydrogens (tertiary/aromatic N) is 5. The minimum Gasteiger partial charge on any atom is -0.444 e. The number of fused-ring (bicyclic) bond motifs is 1.